The van der Waals surface area contributed by atoms with Crippen molar-refractivity contribution in [3.05, 3.63) is 35.6 Å². The Kier molecular flexibility index (Phi) is 4.76. The molecule has 84 valence electrons. The summed E-state index contributed by atoms with van der Waals surface area (Å²) >= 11 is 0. The van der Waals surface area contributed by atoms with Crippen molar-refractivity contribution in [2.24, 2.45) is 5.73 Å². The molecule has 0 saturated heterocycles. The van der Waals surface area contributed by atoms with Crippen LogP contribution in [0.5, 0.6) is 0 Å². The molecule has 1 aromatic rings. The molecular formula is C13H20FN. The lowest BCUT2D eigenvalue weighted by Crippen LogP contribution is -2.27. The van der Waals surface area contributed by atoms with Crippen molar-refractivity contribution in [1.29, 1.82) is 0 Å². The molecule has 0 aliphatic rings. The highest BCUT2D eigenvalue weighted by Gasteiger charge is 2.17. The second-order valence-corrected chi connectivity index (χ2v) is 4.02. The van der Waals surface area contributed by atoms with Crippen molar-refractivity contribution in [2.45, 2.75) is 45.1 Å². The first-order valence-electron chi connectivity index (χ1n) is 5.70. The van der Waals surface area contributed by atoms with Crippen LogP contribution < -0.4 is 5.73 Å². The van der Waals surface area contributed by atoms with Crippen molar-refractivity contribution in [2.75, 3.05) is 0 Å². The Hall–Kier alpha value is -0.890. The van der Waals surface area contributed by atoms with Crippen LogP contribution in [0.15, 0.2) is 24.3 Å². The summed E-state index contributed by atoms with van der Waals surface area (Å²) in [5, 5.41) is 0. The molecule has 0 saturated carbocycles. The molecule has 0 bridgehead atoms. The first kappa shape index (κ1) is 12.2. The van der Waals surface area contributed by atoms with Crippen LogP contribution in [-0.2, 0) is 0 Å². The van der Waals surface area contributed by atoms with E-state index in [1.807, 2.05) is 6.07 Å². The lowest BCUT2D eigenvalue weighted by atomic mass is 9.87. The largest absolute Gasteiger partial charge is 0.327 e. The molecule has 0 heterocycles. The van der Waals surface area contributed by atoms with Gasteiger partial charge < -0.3 is 5.73 Å². The molecule has 1 nitrogen and oxygen atoms in total. The zero-order valence-electron chi connectivity index (χ0n) is 9.54. The summed E-state index contributed by atoms with van der Waals surface area (Å²) in [5.41, 5.74) is 7.12. The smallest absolute Gasteiger partial charge is 0.123 e. The summed E-state index contributed by atoms with van der Waals surface area (Å²) in [4.78, 5) is 0. The summed E-state index contributed by atoms with van der Waals surface area (Å²) in [6, 6.07) is 6.94. The van der Waals surface area contributed by atoms with Crippen molar-refractivity contribution in [3.8, 4) is 0 Å². The van der Waals surface area contributed by atoms with Crippen molar-refractivity contribution < 1.29 is 4.39 Å². The topological polar surface area (TPSA) is 26.0 Å². The van der Waals surface area contributed by atoms with E-state index >= 15 is 0 Å². The third-order valence-electron chi connectivity index (χ3n) is 2.86. The van der Waals surface area contributed by atoms with Gasteiger partial charge in [-0.1, -0.05) is 32.4 Å². The summed E-state index contributed by atoms with van der Waals surface area (Å²) in [5.74, 6) is 0.107. The SMILES string of the molecule is CCCC(N)C(CC)c1cccc(F)c1. The van der Waals surface area contributed by atoms with E-state index in [4.69, 9.17) is 5.73 Å². The van der Waals surface area contributed by atoms with Gasteiger partial charge in [0, 0.05) is 6.04 Å². The zero-order chi connectivity index (χ0) is 11.3. The number of nitrogens with two attached hydrogens (primary N) is 1. The van der Waals surface area contributed by atoms with Gasteiger partial charge in [0.15, 0.2) is 0 Å². The Morgan fingerprint density at radius 1 is 1.33 bits per heavy atom. The summed E-state index contributed by atoms with van der Waals surface area (Å²) in [6.07, 6.45) is 3.03. The maximum Gasteiger partial charge on any atom is 0.123 e. The highest BCUT2D eigenvalue weighted by atomic mass is 19.1. The quantitative estimate of drug-likeness (QED) is 0.789. The van der Waals surface area contributed by atoms with Crippen molar-refractivity contribution in [3.63, 3.8) is 0 Å². The Morgan fingerprint density at radius 3 is 2.60 bits per heavy atom. The lowest BCUT2D eigenvalue weighted by Gasteiger charge is -2.22. The number of hydrogen-bond acceptors (Lipinski definition) is 1. The van der Waals surface area contributed by atoms with E-state index in [2.05, 4.69) is 13.8 Å². The number of rotatable bonds is 5. The number of hydrogen-bond donors (Lipinski definition) is 1. The maximum absolute atomic E-state index is 13.1. The molecule has 0 aliphatic carbocycles. The lowest BCUT2D eigenvalue weighted by molar-refractivity contribution is 0.481. The van der Waals surface area contributed by atoms with Crippen LogP contribution in [0.4, 0.5) is 4.39 Å². The third kappa shape index (κ3) is 3.31. The predicted molar refractivity (Wildman–Crippen MR) is 62.3 cm³/mol. The highest BCUT2D eigenvalue weighted by molar-refractivity contribution is 5.22. The Morgan fingerprint density at radius 2 is 2.07 bits per heavy atom. The minimum absolute atomic E-state index is 0.141. The molecule has 1 aromatic carbocycles. The molecule has 1 rings (SSSR count). The second-order valence-electron chi connectivity index (χ2n) is 4.02. The molecule has 0 fully saturated rings. The van der Waals surface area contributed by atoms with E-state index in [-0.39, 0.29) is 17.8 Å². The van der Waals surface area contributed by atoms with Crippen LogP contribution in [0.3, 0.4) is 0 Å². The van der Waals surface area contributed by atoms with Crippen molar-refractivity contribution in [1.82, 2.24) is 0 Å². The van der Waals surface area contributed by atoms with Crippen LogP contribution in [-0.4, -0.2) is 6.04 Å². The van der Waals surface area contributed by atoms with Gasteiger partial charge in [-0.05, 0) is 36.5 Å². The first-order valence-corrected chi connectivity index (χ1v) is 5.70. The summed E-state index contributed by atoms with van der Waals surface area (Å²) in [7, 11) is 0. The minimum Gasteiger partial charge on any atom is -0.327 e. The highest BCUT2D eigenvalue weighted by Crippen LogP contribution is 2.25. The van der Waals surface area contributed by atoms with Gasteiger partial charge in [0.2, 0.25) is 0 Å². The van der Waals surface area contributed by atoms with Crippen LogP contribution in [0, 0.1) is 5.82 Å². The van der Waals surface area contributed by atoms with Crippen LogP contribution in [0.25, 0.3) is 0 Å². The maximum atomic E-state index is 13.1. The third-order valence-corrected chi connectivity index (χ3v) is 2.86. The van der Waals surface area contributed by atoms with Gasteiger partial charge in [0.25, 0.3) is 0 Å². The normalized spacial score (nSPS) is 14.9. The number of benzene rings is 1. The van der Waals surface area contributed by atoms with Gasteiger partial charge in [-0.3, -0.25) is 0 Å². The van der Waals surface area contributed by atoms with Gasteiger partial charge >= 0.3 is 0 Å². The molecule has 2 unspecified atom stereocenters. The van der Waals surface area contributed by atoms with Crippen LogP contribution >= 0.6 is 0 Å². The van der Waals surface area contributed by atoms with E-state index in [1.165, 1.54) is 6.07 Å². The molecule has 0 amide bonds. The van der Waals surface area contributed by atoms with Gasteiger partial charge in [-0.25, -0.2) is 4.39 Å². The van der Waals surface area contributed by atoms with E-state index < -0.39 is 0 Å². The standard InChI is InChI=1S/C13H20FN/c1-3-6-13(15)12(4-2)10-7-5-8-11(14)9-10/h5,7-9,12-13H,3-4,6,15H2,1-2H3. The fourth-order valence-corrected chi connectivity index (χ4v) is 2.06. The predicted octanol–water partition coefficient (Wildman–Crippen LogP) is 3.45. The monoisotopic (exact) mass is 209 g/mol. The minimum atomic E-state index is -0.172. The van der Waals surface area contributed by atoms with E-state index in [9.17, 15) is 4.39 Å². The Balaban J connectivity index is 2.82. The van der Waals surface area contributed by atoms with Crippen LogP contribution in [0.1, 0.15) is 44.6 Å². The van der Waals surface area contributed by atoms with Crippen LogP contribution in [0.2, 0.25) is 0 Å². The molecule has 0 aromatic heterocycles. The number of halogens is 1. The fourth-order valence-electron chi connectivity index (χ4n) is 2.06. The second kappa shape index (κ2) is 5.86. The molecule has 2 atom stereocenters. The van der Waals surface area contributed by atoms with Gasteiger partial charge in [-0.2, -0.15) is 0 Å². The molecule has 15 heavy (non-hydrogen) atoms. The molecule has 0 spiro atoms. The fraction of sp³-hybridized carbons (Fsp3) is 0.538. The van der Waals surface area contributed by atoms with E-state index in [1.54, 1.807) is 12.1 Å². The zero-order valence-corrected chi connectivity index (χ0v) is 9.54. The Labute approximate surface area is 91.5 Å². The van der Waals surface area contributed by atoms with Crippen molar-refractivity contribution >= 4 is 0 Å². The molecule has 0 radical (unpaired) electrons. The Bertz CT molecular complexity index is 298. The molecule has 0 aliphatic heterocycles. The van der Waals surface area contributed by atoms with Gasteiger partial charge in [-0.15, -0.1) is 0 Å². The van der Waals surface area contributed by atoms with E-state index in [0.29, 0.717) is 0 Å². The average Bonchev–Trinajstić information content (AvgIpc) is 2.19. The summed E-state index contributed by atoms with van der Waals surface area (Å²) < 4.78 is 13.1. The molecule has 2 heteroatoms. The van der Waals surface area contributed by atoms with Gasteiger partial charge in [0.1, 0.15) is 5.82 Å². The first-order chi connectivity index (χ1) is 7.19. The molecule has 2 N–H and O–H groups in total. The summed E-state index contributed by atoms with van der Waals surface area (Å²) in [6.45, 7) is 4.23. The van der Waals surface area contributed by atoms with Gasteiger partial charge in [0.05, 0.1) is 0 Å². The average molecular weight is 209 g/mol. The molecular weight excluding hydrogens is 189 g/mol. The van der Waals surface area contributed by atoms with E-state index in [0.717, 1.165) is 24.8 Å².